The van der Waals surface area contributed by atoms with E-state index in [1.807, 2.05) is 24.3 Å². The number of nitrogens with zero attached hydrogens (tertiary/aromatic N) is 1. The van der Waals surface area contributed by atoms with Crippen LogP contribution in [0.5, 0.6) is 11.5 Å². The molecule has 3 aromatic carbocycles. The minimum Gasteiger partial charge on any atom is -0.495 e. The Hall–Kier alpha value is -2.49. The maximum Gasteiger partial charge on any atom is 0.298 e. The van der Waals surface area contributed by atoms with E-state index in [9.17, 15) is 9.59 Å². The second-order valence-corrected chi connectivity index (χ2v) is 9.44. The van der Waals surface area contributed by atoms with Gasteiger partial charge in [0.25, 0.3) is 11.1 Å². The first-order valence-corrected chi connectivity index (χ1v) is 11.8. The average Bonchev–Trinajstić information content (AvgIpc) is 3.07. The molecule has 32 heavy (non-hydrogen) atoms. The number of hydrogen-bond donors (Lipinski definition) is 0. The number of carbonyl (C=O) groups excluding carboxylic acids is 2. The summed E-state index contributed by atoms with van der Waals surface area (Å²) in [6, 6.07) is 20.2. The van der Waals surface area contributed by atoms with E-state index in [1.54, 1.807) is 48.5 Å². The van der Waals surface area contributed by atoms with E-state index in [2.05, 4.69) is 22.6 Å². The largest absolute Gasteiger partial charge is 0.495 e. The van der Waals surface area contributed by atoms with Crippen LogP contribution in [-0.2, 0) is 11.4 Å². The summed E-state index contributed by atoms with van der Waals surface area (Å²) in [6.07, 6.45) is 1.65. The Bertz CT molecular complexity index is 1210. The van der Waals surface area contributed by atoms with E-state index in [0.717, 1.165) is 25.8 Å². The van der Waals surface area contributed by atoms with Crippen LogP contribution in [-0.4, -0.2) is 18.3 Å². The normalized spacial score (nSPS) is 14.8. The molecule has 5 nitrogen and oxygen atoms in total. The van der Waals surface area contributed by atoms with Crippen LogP contribution in [0.4, 0.5) is 10.5 Å². The molecule has 0 unspecified atom stereocenters. The molecule has 0 aliphatic carbocycles. The summed E-state index contributed by atoms with van der Waals surface area (Å²) in [5, 5.41) is 0.0440. The summed E-state index contributed by atoms with van der Waals surface area (Å²) < 4.78 is 12.3. The molecule has 1 aliphatic rings. The highest BCUT2D eigenvalue weighted by molar-refractivity contribution is 14.1. The van der Waals surface area contributed by atoms with E-state index in [-0.39, 0.29) is 5.24 Å². The highest BCUT2D eigenvalue weighted by atomic mass is 127. The molecule has 0 radical (unpaired) electrons. The van der Waals surface area contributed by atoms with Crippen LogP contribution in [0.1, 0.15) is 11.1 Å². The molecule has 0 aromatic heterocycles. The number of anilines is 1. The predicted octanol–water partition coefficient (Wildman–Crippen LogP) is 6.77. The fourth-order valence-corrected chi connectivity index (χ4v) is 4.54. The lowest BCUT2D eigenvalue weighted by Gasteiger charge is -2.15. The predicted molar refractivity (Wildman–Crippen MR) is 136 cm³/mol. The maximum atomic E-state index is 12.9. The fourth-order valence-electron chi connectivity index (χ4n) is 3.11. The summed E-state index contributed by atoms with van der Waals surface area (Å²) >= 11 is 9.52. The van der Waals surface area contributed by atoms with E-state index < -0.39 is 5.91 Å². The quantitative estimate of drug-likeness (QED) is 0.239. The molecular weight excluding hydrogens is 561 g/mol. The third-order valence-corrected chi connectivity index (χ3v) is 6.57. The molecule has 1 saturated heterocycles. The number of para-hydroxylation sites is 2. The van der Waals surface area contributed by atoms with Crippen LogP contribution in [0.2, 0.25) is 5.02 Å². The van der Waals surface area contributed by atoms with E-state index in [4.69, 9.17) is 21.1 Å². The Morgan fingerprint density at radius 3 is 2.50 bits per heavy atom. The van der Waals surface area contributed by atoms with Gasteiger partial charge < -0.3 is 9.47 Å². The lowest BCUT2D eigenvalue weighted by atomic mass is 10.2. The minimum atomic E-state index is -0.403. The molecule has 1 aliphatic heterocycles. The lowest BCUT2D eigenvalue weighted by molar-refractivity contribution is -0.113. The molecule has 0 atom stereocenters. The van der Waals surface area contributed by atoms with Gasteiger partial charge in [0.15, 0.2) is 0 Å². The van der Waals surface area contributed by atoms with Crippen molar-refractivity contribution in [3.05, 3.63) is 91.4 Å². The van der Waals surface area contributed by atoms with Crippen LogP contribution in [0.25, 0.3) is 6.08 Å². The molecule has 2 amide bonds. The molecule has 0 spiro atoms. The van der Waals surface area contributed by atoms with Crippen LogP contribution in [0.3, 0.4) is 0 Å². The number of rotatable bonds is 6. The smallest absolute Gasteiger partial charge is 0.298 e. The molecule has 0 saturated carbocycles. The SMILES string of the molecule is COc1ccccc1N1C(=O)S/C(=C\c2ccc(OCc3ccc(I)cc3)c(Cl)c2)C1=O. The topological polar surface area (TPSA) is 55.8 Å². The van der Waals surface area contributed by atoms with E-state index in [1.165, 1.54) is 7.11 Å². The maximum absolute atomic E-state index is 12.9. The number of halogens is 2. The first-order chi connectivity index (χ1) is 15.5. The molecule has 0 bridgehead atoms. The summed E-state index contributed by atoms with van der Waals surface area (Å²) in [4.78, 5) is 26.9. The number of hydrogen-bond acceptors (Lipinski definition) is 5. The number of thioether (sulfide) groups is 1. The Morgan fingerprint density at radius 2 is 1.78 bits per heavy atom. The van der Waals surface area contributed by atoms with Gasteiger partial charge in [0, 0.05) is 3.57 Å². The van der Waals surface area contributed by atoms with Gasteiger partial charge >= 0.3 is 0 Å². The zero-order valence-corrected chi connectivity index (χ0v) is 20.6. The second kappa shape index (κ2) is 9.97. The van der Waals surface area contributed by atoms with Crippen molar-refractivity contribution >= 4 is 68.9 Å². The Morgan fingerprint density at radius 1 is 1.03 bits per heavy atom. The first kappa shape index (κ1) is 22.7. The van der Waals surface area contributed by atoms with Crippen molar-refractivity contribution in [3.8, 4) is 11.5 Å². The van der Waals surface area contributed by atoms with Crippen molar-refractivity contribution in [3.63, 3.8) is 0 Å². The van der Waals surface area contributed by atoms with Crippen LogP contribution in [0.15, 0.2) is 71.6 Å². The summed E-state index contributed by atoms with van der Waals surface area (Å²) in [5.41, 5.74) is 2.15. The van der Waals surface area contributed by atoms with Gasteiger partial charge in [-0.05, 0) is 88.0 Å². The van der Waals surface area contributed by atoms with E-state index in [0.29, 0.717) is 39.3 Å². The summed E-state index contributed by atoms with van der Waals surface area (Å²) in [6.45, 7) is 0.397. The van der Waals surface area contributed by atoms with Gasteiger partial charge in [0.1, 0.15) is 18.1 Å². The van der Waals surface area contributed by atoms with Crippen molar-refractivity contribution in [2.24, 2.45) is 0 Å². The van der Waals surface area contributed by atoms with Gasteiger partial charge in [-0.25, -0.2) is 4.90 Å². The molecule has 1 fully saturated rings. The van der Waals surface area contributed by atoms with Crippen molar-refractivity contribution in [1.29, 1.82) is 0 Å². The lowest BCUT2D eigenvalue weighted by Crippen LogP contribution is -2.28. The fraction of sp³-hybridized carbons (Fsp3) is 0.0833. The molecule has 0 N–H and O–H groups in total. The molecule has 8 heteroatoms. The van der Waals surface area contributed by atoms with Crippen LogP contribution in [0, 0.1) is 3.57 Å². The molecule has 4 rings (SSSR count). The van der Waals surface area contributed by atoms with Crippen LogP contribution >= 0.6 is 46.0 Å². The average molecular weight is 578 g/mol. The minimum absolute atomic E-state index is 0.310. The van der Waals surface area contributed by atoms with Crippen molar-refractivity contribution < 1.29 is 19.1 Å². The highest BCUT2D eigenvalue weighted by Gasteiger charge is 2.37. The van der Waals surface area contributed by atoms with Crippen LogP contribution < -0.4 is 14.4 Å². The third-order valence-electron chi connectivity index (χ3n) is 4.68. The zero-order chi connectivity index (χ0) is 22.7. The summed E-state index contributed by atoms with van der Waals surface area (Å²) in [5.74, 6) is 0.595. The number of benzene rings is 3. The zero-order valence-electron chi connectivity index (χ0n) is 16.9. The van der Waals surface area contributed by atoms with Gasteiger partial charge in [-0.3, -0.25) is 9.59 Å². The van der Waals surface area contributed by atoms with E-state index >= 15 is 0 Å². The molecular formula is C24H17ClINO4S. The number of imide groups is 1. The second-order valence-electron chi connectivity index (χ2n) is 6.79. The third kappa shape index (κ3) is 4.95. The number of methoxy groups -OCH3 is 1. The standard InChI is InChI=1S/C24H17ClINO4S/c1-30-21-5-3-2-4-19(21)27-23(28)22(32-24(27)29)13-16-8-11-20(18(25)12-16)31-14-15-6-9-17(26)10-7-15/h2-13H,14H2,1H3/b22-13-. The van der Waals surface area contributed by atoms with Gasteiger partial charge in [-0.15, -0.1) is 0 Å². The number of ether oxygens (including phenoxy) is 2. The van der Waals surface area contributed by atoms with Gasteiger partial charge in [-0.1, -0.05) is 41.9 Å². The van der Waals surface area contributed by atoms with Crippen molar-refractivity contribution in [1.82, 2.24) is 0 Å². The Balaban J connectivity index is 1.51. The molecule has 162 valence electrons. The van der Waals surface area contributed by atoms with Crippen molar-refractivity contribution in [2.75, 3.05) is 12.0 Å². The van der Waals surface area contributed by atoms with Gasteiger partial charge in [0.2, 0.25) is 0 Å². The first-order valence-electron chi connectivity index (χ1n) is 9.54. The Kier molecular flexibility index (Phi) is 7.07. The molecule has 3 aromatic rings. The number of amides is 2. The highest BCUT2D eigenvalue weighted by Crippen LogP contribution is 2.40. The Labute approximate surface area is 208 Å². The molecule has 1 heterocycles. The monoisotopic (exact) mass is 577 g/mol. The van der Waals surface area contributed by atoms with Gasteiger partial charge in [0.05, 0.1) is 22.7 Å². The number of carbonyl (C=O) groups is 2. The van der Waals surface area contributed by atoms with Gasteiger partial charge in [-0.2, -0.15) is 0 Å². The van der Waals surface area contributed by atoms with Crippen molar-refractivity contribution in [2.45, 2.75) is 6.61 Å². The summed E-state index contributed by atoms with van der Waals surface area (Å²) in [7, 11) is 1.50.